The first-order valence-corrected chi connectivity index (χ1v) is 13.6. The highest BCUT2D eigenvalue weighted by Gasteiger charge is 2.26. The summed E-state index contributed by atoms with van der Waals surface area (Å²) in [4.78, 5) is 25.7. The molecule has 3 aromatic rings. The van der Waals surface area contributed by atoms with Gasteiger partial charge in [0.25, 0.3) is 0 Å². The molecule has 2 atom stereocenters. The van der Waals surface area contributed by atoms with Crippen LogP contribution < -0.4 is 9.47 Å². The minimum Gasteiger partial charge on any atom is -0.489 e. The summed E-state index contributed by atoms with van der Waals surface area (Å²) < 4.78 is 23.4. The molecule has 39 heavy (non-hydrogen) atoms. The lowest BCUT2D eigenvalue weighted by molar-refractivity contribution is -0.144. The van der Waals surface area contributed by atoms with Crippen molar-refractivity contribution < 1.29 is 28.5 Å². The van der Waals surface area contributed by atoms with Gasteiger partial charge in [-0.1, -0.05) is 73.5 Å². The SMILES string of the molecule is C=CC(=O)OC(C)COc1c2c(c(OCC(C)OC(=O)C=C)c3ccccc13)CC(Sc1ccccc1)=CC2. The van der Waals surface area contributed by atoms with Crippen molar-refractivity contribution in [2.45, 2.75) is 43.8 Å². The second-order valence-corrected chi connectivity index (χ2v) is 10.4. The van der Waals surface area contributed by atoms with Crippen molar-refractivity contribution in [3.8, 4) is 11.5 Å². The van der Waals surface area contributed by atoms with E-state index < -0.39 is 24.1 Å². The molecular weight excluding hydrogens is 512 g/mol. The average molecular weight is 545 g/mol. The molecule has 202 valence electrons. The van der Waals surface area contributed by atoms with E-state index in [1.165, 1.54) is 4.91 Å². The van der Waals surface area contributed by atoms with Gasteiger partial charge in [-0.3, -0.25) is 0 Å². The Kier molecular flexibility index (Phi) is 9.49. The van der Waals surface area contributed by atoms with Crippen LogP contribution in [-0.2, 0) is 31.9 Å². The fraction of sp³-hybridized carbons (Fsp3) is 0.250. The predicted molar refractivity (Wildman–Crippen MR) is 154 cm³/mol. The van der Waals surface area contributed by atoms with Gasteiger partial charge in [0, 0.05) is 45.4 Å². The van der Waals surface area contributed by atoms with E-state index in [4.69, 9.17) is 18.9 Å². The number of allylic oxidation sites excluding steroid dienone is 2. The van der Waals surface area contributed by atoms with Crippen molar-refractivity contribution in [1.29, 1.82) is 0 Å². The molecule has 0 aliphatic heterocycles. The van der Waals surface area contributed by atoms with E-state index in [2.05, 4.69) is 31.4 Å². The zero-order valence-corrected chi connectivity index (χ0v) is 23.0. The van der Waals surface area contributed by atoms with Crippen LogP contribution in [0.1, 0.15) is 25.0 Å². The van der Waals surface area contributed by atoms with Crippen LogP contribution >= 0.6 is 11.8 Å². The van der Waals surface area contributed by atoms with Gasteiger partial charge in [0.2, 0.25) is 0 Å². The molecule has 4 rings (SSSR count). The Morgan fingerprint density at radius 1 is 0.821 bits per heavy atom. The summed E-state index contributed by atoms with van der Waals surface area (Å²) in [6.45, 7) is 10.9. The molecule has 1 aliphatic carbocycles. The van der Waals surface area contributed by atoms with Crippen LogP contribution in [0.5, 0.6) is 11.5 Å². The van der Waals surface area contributed by atoms with Crippen molar-refractivity contribution in [2.24, 2.45) is 0 Å². The normalized spacial score (nSPS) is 13.8. The van der Waals surface area contributed by atoms with Gasteiger partial charge in [-0.25, -0.2) is 9.59 Å². The maximum absolute atomic E-state index is 11.7. The zero-order chi connectivity index (χ0) is 27.8. The number of hydrogen-bond donors (Lipinski definition) is 0. The molecule has 0 spiro atoms. The second kappa shape index (κ2) is 13.2. The first kappa shape index (κ1) is 28.0. The van der Waals surface area contributed by atoms with Crippen molar-refractivity contribution >= 4 is 34.5 Å². The Morgan fingerprint density at radius 2 is 1.33 bits per heavy atom. The van der Waals surface area contributed by atoms with Crippen LogP contribution in [0.3, 0.4) is 0 Å². The Bertz CT molecular complexity index is 1390. The first-order valence-electron chi connectivity index (χ1n) is 12.8. The Morgan fingerprint density at radius 3 is 1.87 bits per heavy atom. The van der Waals surface area contributed by atoms with Crippen LogP contribution in [-0.4, -0.2) is 37.4 Å². The monoisotopic (exact) mass is 544 g/mol. The minimum atomic E-state index is -0.488. The molecule has 0 aromatic heterocycles. The summed E-state index contributed by atoms with van der Waals surface area (Å²) in [7, 11) is 0. The number of carbonyl (C=O) groups is 2. The quantitative estimate of drug-likeness (QED) is 0.188. The Hall–Kier alpha value is -3.97. The maximum atomic E-state index is 11.7. The van der Waals surface area contributed by atoms with Gasteiger partial charge in [0.05, 0.1) is 0 Å². The summed E-state index contributed by atoms with van der Waals surface area (Å²) in [5.41, 5.74) is 2.06. The number of rotatable bonds is 12. The summed E-state index contributed by atoms with van der Waals surface area (Å²) in [5, 5.41) is 1.80. The fourth-order valence-corrected chi connectivity index (χ4v) is 5.33. The van der Waals surface area contributed by atoms with E-state index in [1.807, 2.05) is 42.5 Å². The largest absolute Gasteiger partial charge is 0.489 e. The van der Waals surface area contributed by atoms with Crippen molar-refractivity contribution in [3.63, 3.8) is 0 Å². The molecule has 3 aromatic carbocycles. The van der Waals surface area contributed by atoms with Crippen LogP contribution in [0.15, 0.2) is 95.8 Å². The lowest BCUT2D eigenvalue weighted by Crippen LogP contribution is -2.23. The van der Waals surface area contributed by atoms with Crippen molar-refractivity contribution in [3.05, 3.63) is 102 Å². The third-order valence-electron chi connectivity index (χ3n) is 6.10. The topological polar surface area (TPSA) is 71.1 Å². The van der Waals surface area contributed by atoms with Crippen molar-refractivity contribution in [1.82, 2.24) is 0 Å². The first-order chi connectivity index (χ1) is 18.9. The number of benzene rings is 3. The summed E-state index contributed by atoms with van der Waals surface area (Å²) in [6.07, 6.45) is 4.91. The zero-order valence-electron chi connectivity index (χ0n) is 22.2. The maximum Gasteiger partial charge on any atom is 0.330 e. The van der Waals surface area contributed by atoms with Gasteiger partial charge in [-0.2, -0.15) is 0 Å². The standard InChI is InChI=1S/C32H32O6S/c1-5-29(33)37-21(3)19-35-31-25-14-10-11-15-26(25)32(36-20-22(4)38-30(34)6-2)28-18-24(16-17-27(28)31)39-23-12-8-7-9-13-23/h5-16,21-22H,1-2,17-20H2,3-4H3. The highest BCUT2D eigenvalue weighted by atomic mass is 32.2. The number of thioether (sulfide) groups is 1. The number of ether oxygens (including phenoxy) is 4. The fourth-order valence-electron chi connectivity index (χ4n) is 4.35. The second-order valence-electron chi connectivity index (χ2n) is 9.15. The molecule has 6 nitrogen and oxygen atoms in total. The van der Waals surface area contributed by atoms with E-state index in [-0.39, 0.29) is 13.2 Å². The molecule has 0 saturated heterocycles. The Labute approximate surface area is 233 Å². The summed E-state index contributed by atoms with van der Waals surface area (Å²) in [6, 6.07) is 18.2. The molecule has 7 heteroatoms. The molecule has 0 bridgehead atoms. The molecule has 2 unspecified atom stereocenters. The van der Waals surface area contributed by atoms with Crippen LogP contribution in [0.4, 0.5) is 0 Å². The molecule has 0 saturated carbocycles. The molecular formula is C32H32O6S. The van der Waals surface area contributed by atoms with Gasteiger partial charge < -0.3 is 18.9 Å². The lowest BCUT2D eigenvalue weighted by Gasteiger charge is -2.26. The highest BCUT2D eigenvalue weighted by Crippen LogP contribution is 2.46. The van der Waals surface area contributed by atoms with Gasteiger partial charge >= 0.3 is 11.9 Å². The number of carbonyl (C=O) groups excluding carboxylic acids is 2. The molecule has 0 N–H and O–H groups in total. The van der Waals surface area contributed by atoms with E-state index in [9.17, 15) is 9.59 Å². The predicted octanol–water partition coefficient (Wildman–Crippen LogP) is 6.61. The minimum absolute atomic E-state index is 0.190. The van der Waals surface area contributed by atoms with E-state index >= 15 is 0 Å². The molecule has 0 amide bonds. The third-order valence-corrected chi connectivity index (χ3v) is 7.18. The van der Waals surface area contributed by atoms with Crippen LogP contribution in [0.2, 0.25) is 0 Å². The van der Waals surface area contributed by atoms with E-state index in [0.29, 0.717) is 12.8 Å². The third kappa shape index (κ3) is 7.12. The van der Waals surface area contributed by atoms with Crippen molar-refractivity contribution in [2.75, 3.05) is 13.2 Å². The lowest BCUT2D eigenvalue weighted by atomic mass is 9.90. The molecule has 0 radical (unpaired) electrons. The van der Waals surface area contributed by atoms with Gasteiger partial charge in [-0.05, 0) is 37.3 Å². The smallest absolute Gasteiger partial charge is 0.330 e. The molecule has 1 aliphatic rings. The molecule has 0 fully saturated rings. The number of esters is 2. The van der Waals surface area contributed by atoms with Crippen LogP contribution in [0.25, 0.3) is 10.8 Å². The Balaban J connectivity index is 1.70. The van der Waals surface area contributed by atoms with Crippen LogP contribution in [0, 0.1) is 0 Å². The van der Waals surface area contributed by atoms with Gasteiger partial charge in [0.15, 0.2) is 0 Å². The van der Waals surface area contributed by atoms with E-state index in [0.717, 1.165) is 50.4 Å². The van der Waals surface area contributed by atoms with Gasteiger partial charge in [-0.15, -0.1) is 0 Å². The average Bonchev–Trinajstić information content (AvgIpc) is 2.95. The summed E-state index contributed by atoms with van der Waals surface area (Å²) in [5.74, 6) is 0.524. The number of fused-ring (bicyclic) bond motifs is 2. The van der Waals surface area contributed by atoms with E-state index in [1.54, 1.807) is 25.6 Å². The molecule has 0 heterocycles. The summed E-state index contributed by atoms with van der Waals surface area (Å²) >= 11 is 1.73. The van der Waals surface area contributed by atoms with Gasteiger partial charge in [0.1, 0.15) is 36.9 Å². The highest BCUT2D eigenvalue weighted by molar-refractivity contribution is 8.03. The number of hydrogen-bond acceptors (Lipinski definition) is 7.